The third-order valence-corrected chi connectivity index (χ3v) is 3.73. The Labute approximate surface area is 111 Å². The zero-order valence-corrected chi connectivity index (χ0v) is 10.9. The number of hydrogen-bond acceptors (Lipinski definition) is 4. The van der Waals surface area contributed by atoms with Gasteiger partial charge in [-0.2, -0.15) is 0 Å². The molecule has 0 aromatic rings. The van der Waals surface area contributed by atoms with Gasteiger partial charge in [0, 0.05) is 33.2 Å². The summed E-state index contributed by atoms with van der Waals surface area (Å²) in [5.41, 5.74) is 0. The monoisotopic (exact) mass is 270 g/mol. The molecule has 0 saturated carbocycles. The molecule has 2 atom stereocenters. The van der Waals surface area contributed by atoms with Gasteiger partial charge in [-0.1, -0.05) is 0 Å². The number of carbonyl (C=O) groups is 3. The Morgan fingerprint density at radius 1 is 1.42 bits per heavy atom. The van der Waals surface area contributed by atoms with E-state index in [9.17, 15) is 14.4 Å². The molecule has 106 valence electrons. The molecular formula is C12H18N2O5. The van der Waals surface area contributed by atoms with Gasteiger partial charge in [0.25, 0.3) is 0 Å². The second-order valence-corrected chi connectivity index (χ2v) is 5.00. The smallest absolute Gasteiger partial charge is 0.308 e. The molecule has 2 fully saturated rings. The Bertz CT molecular complexity index is 398. The average Bonchev–Trinajstić information content (AvgIpc) is 2.95. The lowest BCUT2D eigenvalue weighted by atomic mass is 10.1. The molecular weight excluding hydrogens is 252 g/mol. The van der Waals surface area contributed by atoms with Crippen LogP contribution in [-0.4, -0.2) is 72.1 Å². The maximum Gasteiger partial charge on any atom is 0.308 e. The van der Waals surface area contributed by atoms with Gasteiger partial charge in [-0.25, -0.2) is 0 Å². The van der Waals surface area contributed by atoms with Crippen molar-refractivity contribution < 1.29 is 24.2 Å². The fraction of sp³-hybridized carbons (Fsp3) is 0.750. The molecule has 1 N–H and O–H groups in total. The van der Waals surface area contributed by atoms with Crippen LogP contribution < -0.4 is 0 Å². The first-order valence-corrected chi connectivity index (χ1v) is 6.32. The maximum absolute atomic E-state index is 11.8. The molecule has 0 radical (unpaired) electrons. The third-order valence-electron chi connectivity index (χ3n) is 3.73. The van der Waals surface area contributed by atoms with E-state index in [-0.39, 0.29) is 37.4 Å². The van der Waals surface area contributed by atoms with Crippen molar-refractivity contribution in [3.63, 3.8) is 0 Å². The number of amides is 2. The molecule has 2 heterocycles. The van der Waals surface area contributed by atoms with Gasteiger partial charge < -0.3 is 19.6 Å². The highest BCUT2D eigenvalue weighted by molar-refractivity contribution is 5.86. The summed E-state index contributed by atoms with van der Waals surface area (Å²) in [4.78, 5) is 37.7. The van der Waals surface area contributed by atoms with E-state index in [1.54, 1.807) is 9.80 Å². The predicted octanol–water partition coefficient (Wildman–Crippen LogP) is -0.833. The van der Waals surface area contributed by atoms with Crippen molar-refractivity contribution in [2.24, 2.45) is 5.92 Å². The minimum Gasteiger partial charge on any atom is -0.481 e. The van der Waals surface area contributed by atoms with E-state index >= 15 is 0 Å². The predicted molar refractivity (Wildman–Crippen MR) is 64.3 cm³/mol. The van der Waals surface area contributed by atoms with Crippen molar-refractivity contribution in [1.29, 1.82) is 0 Å². The minimum absolute atomic E-state index is 0.0401. The lowest BCUT2D eigenvalue weighted by Crippen LogP contribution is -2.40. The van der Waals surface area contributed by atoms with Gasteiger partial charge in [0.2, 0.25) is 11.8 Å². The lowest BCUT2D eigenvalue weighted by molar-refractivity contribution is -0.141. The number of carboxylic acids is 1. The number of aliphatic carboxylic acids is 1. The summed E-state index contributed by atoms with van der Waals surface area (Å²) in [7, 11) is 1.47. The van der Waals surface area contributed by atoms with Gasteiger partial charge in [0.05, 0.1) is 12.0 Å². The van der Waals surface area contributed by atoms with E-state index < -0.39 is 11.9 Å². The quantitative estimate of drug-likeness (QED) is 0.720. The second kappa shape index (κ2) is 5.56. The van der Waals surface area contributed by atoms with Crippen molar-refractivity contribution >= 4 is 17.8 Å². The average molecular weight is 270 g/mol. The Hall–Kier alpha value is -1.63. The van der Waals surface area contributed by atoms with E-state index in [0.717, 1.165) is 0 Å². The molecule has 7 heteroatoms. The number of nitrogens with zero attached hydrogens (tertiary/aromatic N) is 2. The summed E-state index contributed by atoms with van der Waals surface area (Å²) < 4.78 is 4.80. The van der Waals surface area contributed by atoms with Crippen LogP contribution in [0.2, 0.25) is 0 Å². The van der Waals surface area contributed by atoms with E-state index in [1.807, 2.05) is 0 Å². The van der Waals surface area contributed by atoms with E-state index in [0.29, 0.717) is 19.5 Å². The van der Waals surface area contributed by atoms with Crippen LogP contribution in [0.4, 0.5) is 0 Å². The molecule has 2 saturated heterocycles. The van der Waals surface area contributed by atoms with E-state index in [1.165, 1.54) is 7.11 Å². The molecule has 2 aliphatic rings. The van der Waals surface area contributed by atoms with Crippen LogP contribution >= 0.6 is 0 Å². The fourth-order valence-corrected chi connectivity index (χ4v) is 2.69. The van der Waals surface area contributed by atoms with Crippen molar-refractivity contribution in [3.8, 4) is 0 Å². The number of methoxy groups -OCH3 is 1. The van der Waals surface area contributed by atoms with E-state index in [4.69, 9.17) is 9.84 Å². The summed E-state index contributed by atoms with van der Waals surface area (Å²) in [6.45, 7) is 1.36. The molecule has 0 bridgehead atoms. The first kappa shape index (κ1) is 13.8. The van der Waals surface area contributed by atoms with Crippen LogP contribution in [0.15, 0.2) is 0 Å². The van der Waals surface area contributed by atoms with Crippen molar-refractivity contribution in [1.82, 2.24) is 9.80 Å². The van der Waals surface area contributed by atoms with Gasteiger partial charge in [-0.05, 0) is 6.42 Å². The van der Waals surface area contributed by atoms with Crippen molar-refractivity contribution in [3.05, 3.63) is 0 Å². The largest absolute Gasteiger partial charge is 0.481 e. The van der Waals surface area contributed by atoms with Crippen molar-refractivity contribution in [2.45, 2.75) is 18.9 Å². The van der Waals surface area contributed by atoms with Crippen LogP contribution in [0.5, 0.6) is 0 Å². The van der Waals surface area contributed by atoms with Gasteiger partial charge in [0.15, 0.2) is 0 Å². The number of ether oxygens (including phenoxy) is 1. The Morgan fingerprint density at radius 2 is 2.16 bits per heavy atom. The van der Waals surface area contributed by atoms with Gasteiger partial charge in [-0.15, -0.1) is 0 Å². The molecule has 0 spiro atoms. The molecule has 7 nitrogen and oxygen atoms in total. The SMILES string of the molecule is COCC(=O)N1CCC(N2CC(C(=O)O)CC2=O)C1. The van der Waals surface area contributed by atoms with Crippen LogP contribution in [0.25, 0.3) is 0 Å². The van der Waals surface area contributed by atoms with Crippen molar-refractivity contribution in [2.75, 3.05) is 33.4 Å². The third kappa shape index (κ3) is 2.86. The minimum atomic E-state index is -0.929. The second-order valence-electron chi connectivity index (χ2n) is 5.00. The molecule has 0 aliphatic carbocycles. The number of carboxylic acid groups (broad SMARTS) is 1. The Balaban J connectivity index is 1.92. The summed E-state index contributed by atoms with van der Waals surface area (Å²) in [6.07, 6.45) is 0.769. The van der Waals surface area contributed by atoms with Crippen LogP contribution in [0.3, 0.4) is 0 Å². The highest BCUT2D eigenvalue weighted by Gasteiger charge is 2.40. The Kier molecular flexibility index (Phi) is 4.04. The molecule has 2 amide bonds. The first-order chi connectivity index (χ1) is 9.02. The molecule has 0 aromatic heterocycles. The molecule has 19 heavy (non-hydrogen) atoms. The highest BCUT2D eigenvalue weighted by Crippen LogP contribution is 2.25. The summed E-state index contributed by atoms with van der Waals surface area (Å²) in [6, 6.07) is -0.0577. The zero-order valence-electron chi connectivity index (χ0n) is 10.9. The van der Waals surface area contributed by atoms with Gasteiger partial charge in [0.1, 0.15) is 6.61 Å². The summed E-state index contributed by atoms with van der Waals surface area (Å²) in [5.74, 6) is -1.76. The number of likely N-dealkylation sites (tertiary alicyclic amines) is 2. The van der Waals surface area contributed by atoms with E-state index in [2.05, 4.69) is 0 Å². The Morgan fingerprint density at radius 3 is 2.74 bits per heavy atom. The molecule has 0 aromatic carbocycles. The maximum atomic E-state index is 11.8. The van der Waals surface area contributed by atoms with Crippen LogP contribution in [-0.2, 0) is 19.1 Å². The zero-order chi connectivity index (χ0) is 14.0. The van der Waals surface area contributed by atoms with Crippen LogP contribution in [0.1, 0.15) is 12.8 Å². The van der Waals surface area contributed by atoms with Gasteiger partial charge >= 0.3 is 5.97 Å². The topological polar surface area (TPSA) is 87.2 Å². The lowest BCUT2D eigenvalue weighted by Gasteiger charge is -2.24. The first-order valence-electron chi connectivity index (χ1n) is 6.32. The highest BCUT2D eigenvalue weighted by atomic mass is 16.5. The normalized spacial score (nSPS) is 27.1. The van der Waals surface area contributed by atoms with Gasteiger partial charge in [-0.3, -0.25) is 14.4 Å². The number of rotatable bonds is 4. The fourth-order valence-electron chi connectivity index (χ4n) is 2.69. The number of hydrogen-bond donors (Lipinski definition) is 1. The summed E-state index contributed by atoms with van der Waals surface area (Å²) >= 11 is 0. The molecule has 2 aliphatic heterocycles. The van der Waals surface area contributed by atoms with Crippen LogP contribution in [0, 0.1) is 5.92 Å². The molecule has 2 rings (SSSR count). The number of carbonyl (C=O) groups excluding carboxylic acids is 2. The molecule has 2 unspecified atom stereocenters. The standard InChI is InChI=1S/C12H18N2O5/c1-19-7-11(16)13-3-2-9(6-13)14-5-8(12(17)18)4-10(14)15/h8-9H,2-7H2,1H3,(H,17,18). The summed E-state index contributed by atoms with van der Waals surface area (Å²) in [5, 5.41) is 8.94.